The average molecular weight is 257 g/mol. The van der Waals surface area contributed by atoms with Gasteiger partial charge in [0, 0.05) is 10.8 Å². The Morgan fingerprint density at radius 1 is 1.33 bits per heavy atom. The van der Waals surface area contributed by atoms with E-state index in [0.29, 0.717) is 10.6 Å². The van der Waals surface area contributed by atoms with Crippen molar-refractivity contribution in [2.45, 2.75) is 6.92 Å². The number of hydrogen-bond acceptors (Lipinski definition) is 4. The zero-order valence-corrected chi connectivity index (χ0v) is 10.5. The van der Waals surface area contributed by atoms with Crippen molar-refractivity contribution in [3.63, 3.8) is 0 Å². The molecule has 0 bridgehead atoms. The van der Waals surface area contributed by atoms with Crippen LogP contribution in [0.2, 0.25) is 0 Å². The molecule has 0 saturated carbocycles. The van der Waals surface area contributed by atoms with Gasteiger partial charge in [-0.3, -0.25) is 4.79 Å². The lowest BCUT2D eigenvalue weighted by Crippen LogP contribution is -2.10. The van der Waals surface area contributed by atoms with Crippen molar-refractivity contribution in [2.24, 2.45) is 5.73 Å². The van der Waals surface area contributed by atoms with Crippen molar-refractivity contribution in [1.29, 1.82) is 0 Å². The van der Waals surface area contributed by atoms with Crippen LogP contribution in [0.15, 0.2) is 24.3 Å². The number of aromatic nitrogens is 1. The number of hydrogen-bond donors (Lipinski definition) is 2. The van der Waals surface area contributed by atoms with E-state index in [1.54, 1.807) is 0 Å². The number of nitrogens with two attached hydrogens (primary N) is 2. The number of carbonyl (C=O) groups is 1. The number of thiophene rings is 1. The molecule has 0 spiro atoms. The van der Waals surface area contributed by atoms with Gasteiger partial charge < -0.3 is 11.5 Å². The maximum absolute atomic E-state index is 11.3. The Hall–Kier alpha value is -2.14. The molecule has 0 aliphatic rings. The minimum Gasteiger partial charge on any atom is -0.397 e. The molecular weight excluding hydrogens is 246 g/mol. The highest BCUT2D eigenvalue weighted by Gasteiger charge is 2.15. The topological polar surface area (TPSA) is 82.0 Å². The van der Waals surface area contributed by atoms with Gasteiger partial charge in [-0.25, -0.2) is 4.98 Å². The standard InChI is InChI=1S/C13H11N3OS/c1-6-2-3-7-5-8-10(14)11(12(15)17)18-13(8)16-9(7)4-6/h2-5H,14H2,1H3,(H2,15,17). The summed E-state index contributed by atoms with van der Waals surface area (Å²) < 4.78 is 0. The second-order valence-corrected chi connectivity index (χ2v) is 5.25. The molecule has 4 nitrogen and oxygen atoms in total. The molecule has 5 heteroatoms. The van der Waals surface area contributed by atoms with Crippen molar-refractivity contribution >= 4 is 44.1 Å². The summed E-state index contributed by atoms with van der Waals surface area (Å²) in [6, 6.07) is 7.98. The van der Waals surface area contributed by atoms with Crippen molar-refractivity contribution in [1.82, 2.24) is 4.98 Å². The summed E-state index contributed by atoms with van der Waals surface area (Å²) in [4.78, 5) is 16.9. The number of aryl methyl sites for hydroxylation is 1. The molecule has 0 saturated heterocycles. The van der Waals surface area contributed by atoms with Gasteiger partial charge >= 0.3 is 0 Å². The van der Waals surface area contributed by atoms with Crippen LogP contribution in [0.4, 0.5) is 5.69 Å². The van der Waals surface area contributed by atoms with Gasteiger partial charge in [0.15, 0.2) is 0 Å². The van der Waals surface area contributed by atoms with E-state index in [9.17, 15) is 4.79 Å². The molecule has 0 unspecified atom stereocenters. The summed E-state index contributed by atoms with van der Waals surface area (Å²) in [5.74, 6) is -0.504. The summed E-state index contributed by atoms with van der Waals surface area (Å²) in [6.07, 6.45) is 0. The molecule has 0 aliphatic carbocycles. The zero-order chi connectivity index (χ0) is 12.9. The third-order valence-corrected chi connectivity index (χ3v) is 4.03. The summed E-state index contributed by atoms with van der Waals surface area (Å²) in [5, 5.41) is 1.80. The Bertz CT molecular complexity index is 792. The van der Waals surface area contributed by atoms with Crippen LogP contribution in [0.25, 0.3) is 21.1 Å². The van der Waals surface area contributed by atoms with Crippen LogP contribution in [0, 0.1) is 6.92 Å². The van der Waals surface area contributed by atoms with Gasteiger partial charge in [-0.2, -0.15) is 0 Å². The molecule has 0 radical (unpaired) electrons. The van der Waals surface area contributed by atoms with Gasteiger partial charge in [0.2, 0.25) is 0 Å². The summed E-state index contributed by atoms with van der Waals surface area (Å²) >= 11 is 1.24. The number of fused-ring (bicyclic) bond motifs is 2. The van der Waals surface area contributed by atoms with Gasteiger partial charge in [0.25, 0.3) is 5.91 Å². The van der Waals surface area contributed by atoms with Crippen molar-refractivity contribution < 1.29 is 4.79 Å². The first kappa shape index (κ1) is 11.0. The van der Waals surface area contributed by atoms with Crippen LogP contribution in [0.5, 0.6) is 0 Å². The highest BCUT2D eigenvalue weighted by atomic mass is 32.1. The first-order chi connectivity index (χ1) is 8.56. The van der Waals surface area contributed by atoms with Crippen molar-refractivity contribution in [3.8, 4) is 0 Å². The Labute approximate surface area is 107 Å². The van der Waals surface area contributed by atoms with Crippen LogP contribution in [0.3, 0.4) is 0 Å². The highest BCUT2D eigenvalue weighted by Crippen LogP contribution is 2.34. The molecule has 0 fully saturated rings. The van der Waals surface area contributed by atoms with E-state index >= 15 is 0 Å². The van der Waals surface area contributed by atoms with Crippen molar-refractivity contribution in [2.75, 3.05) is 5.73 Å². The monoisotopic (exact) mass is 257 g/mol. The molecule has 2 heterocycles. The Kier molecular flexibility index (Phi) is 2.24. The fraction of sp³-hybridized carbons (Fsp3) is 0.0769. The van der Waals surface area contributed by atoms with E-state index in [1.807, 2.05) is 31.2 Å². The van der Waals surface area contributed by atoms with Crippen LogP contribution in [0.1, 0.15) is 15.2 Å². The first-order valence-corrected chi connectivity index (χ1v) is 6.27. The van der Waals surface area contributed by atoms with E-state index in [4.69, 9.17) is 11.5 Å². The van der Waals surface area contributed by atoms with E-state index in [2.05, 4.69) is 4.98 Å². The molecule has 1 aromatic carbocycles. The minimum absolute atomic E-state index is 0.379. The smallest absolute Gasteiger partial charge is 0.260 e. The summed E-state index contributed by atoms with van der Waals surface area (Å²) in [6.45, 7) is 2.02. The Balaban J connectivity index is 2.42. The predicted octanol–water partition coefficient (Wildman–Crippen LogP) is 2.44. The second-order valence-electron chi connectivity index (χ2n) is 4.25. The van der Waals surface area contributed by atoms with Crippen LogP contribution >= 0.6 is 11.3 Å². The number of nitrogens with zero attached hydrogens (tertiary/aromatic N) is 1. The van der Waals surface area contributed by atoms with E-state index in [-0.39, 0.29) is 0 Å². The van der Waals surface area contributed by atoms with E-state index < -0.39 is 5.91 Å². The van der Waals surface area contributed by atoms with Crippen LogP contribution < -0.4 is 11.5 Å². The molecule has 0 atom stereocenters. The maximum atomic E-state index is 11.3. The number of benzene rings is 1. The molecule has 0 aliphatic heterocycles. The molecule has 18 heavy (non-hydrogen) atoms. The average Bonchev–Trinajstić information content (AvgIpc) is 2.64. The lowest BCUT2D eigenvalue weighted by Gasteiger charge is -1.99. The molecule has 3 rings (SSSR count). The Morgan fingerprint density at radius 2 is 2.11 bits per heavy atom. The summed E-state index contributed by atoms with van der Waals surface area (Å²) in [7, 11) is 0. The highest BCUT2D eigenvalue weighted by molar-refractivity contribution is 7.21. The van der Waals surface area contributed by atoms with Gasteiger partial charge in [0.05, 0.1) is 11.2 Å². The third kappa shape index (κ3) is 1.52. The maximum Gasteiger partial charge on any atom is 0.260 e. The number of pyridine rings is 1. The van der Waals surface area contributed by atoms with Gasteiger partial charge in [-0.15, -0.1) is 11.3 Å². The lowest BCUT2D eigenvalue weighted by atomic mass is 10.1. The number of rotatable bonds is 1. The number of amides is 1. The van der Waals surface area contributed by atoms with E-state index in [0.717, 1.165) is 26.7 Å². The normalized spacial score (nSPS) is 11.2. The van der Waals surface area contributed by atoms with Crippen LogP contribution in [-0.4, -0.2) is 10.9 Å². The molecule has 1 amide bonds. The molecule has 90 valence electrons. The minimum atomic E-state index is -0.504. The third-order valence-electron chi connectivity index (χ3n) is 2.90. The van der Waals surface area contributed by atoms with Crippen molar-refractivity contribution in [3.05, 3.63) is 34.7 Å². The number of anilines is 1. The SMILES string of the molecule is Cc1ccc2cc3c(N)c(C(N)=O)sc3nc2c1. The number of primary amides is 1. The number of nitrogen functional groups attached to an aromatic ring is 1. The van der Waals surface area contributed by atoms with Gasteiger partial charge in [0.1, 0.15) is 9.71 Å². The lowest BCUT2D eigenvalue weighted by molar-refractivity contribution is 0.100. The predicted molar refractivity (Wildman–Crippen MR) is 74.8 cm³/mol. The fourth-order valence-corrected chi connectivity index (χ4v) is 2.92. The van der Waals surface area contributed by atoms with Gasteiger partial charge in [-0.1, -0.05) is 12.1 Å². The molecule has 2 aromatic heterocycles. The second kappa shape index (κ2) is 3.68. The zero-order valence-electron chi connectivity index (χ0n) is 9.73. The number of carbonyl (C=O) groups excluding carboxylic acids is 1. The van der Waals surface area contributed by atoms with E-state index in [1.165, 1.54) is 11.3 Å². The molecule has 4 N–H and O–H groups in total. The summed E-state index contributed by atoms with van der Waals surface area (Å²) in [5.41, 5.74) is 13.7. The Morgan fingerprint density at radius 3 is 2.83 bits per heavy atom. The molecular formula is C13H11N3OS. The van der Waals surface area contributed by atoms with Crippen LogP contribution in [-0.2, 0) is 0 Å². The van der Waals surface area contributed by atoms with Gasteiger partial charge in [-0.05, 0) is 24.6 Å². The quantitative estimate of drug-likeness (QED) is 0.702. The molecule has 3 aromatic rings. The first-order valence-electron chi connectivity index (χ1n) is 5.45. The fourth-order valence-electron chi connectivity index (χ4n) is 1.99. The largest absolute Gasteiger partial charge is 0.397 e.